The van der Waals surface area contributed by atoms with Gasteiger partial charge >= 0.3 is 0 Å². The van der Waals surface area contributed by atoms with Crippen LogP contribution >= 0.6 is 11.3 Å². The average Bonchev–Trinajstić information content (AvgIpc) is 3.23. The number of hydrogen-bond acceptors (Lipinski definition) is 8. The summed E-state index contributed by atoms with van der Waals surface area (Å²) in [6, 6.07) is 15.9. The Hall–Kier alpha value is -3.65. The minimum absolute atomic E-state index is 0.590. The molecule has 2 aromatic heterocycles. The van der Waals surface area contributed by atoms with E-state index < -0.39 is 0 Å². The SMILES string of the molecule is COc1cc(OC)c(C=NNc2nc(C)nc3sc(-c4ccccc4)cc23)c(OC)c1. The smallest absolute Gasteiger partial charge is 0.158 e. The van der Waals surface area contributed by atoms with E-state index in [0.717, 1.165) is 20.7 Å². The summed E-state index contributed by atoms with van der Waals surface area (Å²) in [6.07, 6.45) is 1.64. The number of nitrogens with zero attached hydrogens (tertiary/aromatic N) is 3. The second-order valence-corrected chi connectivity index (χ2v) is 7.66. The zero-order chi connectivity index (χ0) is 21.8. The van der Waals surface area contributed by atoms with Gasteiger partial charge in [-0.05, 0) is 18.6 Å². The van der Waals surface area contributed by atoms with Crippen molar-refractivity contribution < 1.29 is 14.2 Å². The minimum atomic E-state index is 0.590. The molecule has 2 aromatic carbocycles. The van der Waals surface area contributed by atoms with E-state index in [4.69, 9.17) is 14.2 Å². The summed E-state index contributed by atoms with van der Waals surface area (Å²) in [5.41, 5.74) is 4.89. The summed E-state index contributed by atoms with van der Waals surface area (Å²) >= 11 is 1.63. The molecule has 0 fully saturated rings. The van der Waals surface area contributed by atoms with Crippen molar-refractivity contribution in [2.24, 2.45) is 5.10 Å². The first-order valence-corrected chi connectivity index (χ1v) is 10.4. The number of hydrogen-bond donors (Lipinski definition) is 1. The number of nitrogens with one attached hydrogen (secondary N) is 1. The van der Waals surface area contributed by atoms with Crippen molar-refractivity contribution in [1.29, 1.82) is 0 Å². The van der Waals surface area contributed by atoms with Gasteiger partial charge in [0.1, 0.15) is 27.9 Å². The summed E-state index contributed by atoms with van der Waals surface area (Å²) < 4.78 is 16.2. The molecule has 0 atom stereocenters. The molecule has 1 N–H and O–H groups in total. The zero-order valence-electron chi connectivity index (χ0n) is 17.7. The summed E-state index contributed by atoms with van der Waals surface area (Å²) in [7, 11) is 4.77. The molecule has 0 unspecified atom stereocenters. The quantitative estimate of drug-likeness (QED) is 0.321. The van der Waals surface area contributed by atoms with Crippen LogP contribution in [0.2, 0.25) is 0 Å². The molecule has 0 aliphatic heterocycles. The van der Waals surface area contributed by atoms with E-state index in [1.807, 2.05) is 25.1 Å². The highest BCUT2D eigenvalue weighted by atomic mass is 32.1. The molecule has 0 bridgehead atoms. The van der Waals surface area contributed by atoms with Crippen molar-refractivity contribution in [3.05, 3.63) is 59.9 Å². The molecule has 2 heterocycles. The number of benzene rings is 2. The number of aryl methyl sites for hydroxylation is 1. The van der Waals surface area contributed by atoms with Crippen LogP contribution in [0.4, 0.5) is 5.82 Å². The van der Waals surface area contributed by atoms with Gasteiger partial charge in [-0.1, -0.05) is 30.3 Å². The van der Waals surface area contributed by atoms with Crippen LogP contribution in [-0.2, 0) is 0 Å². The lowest BCUT2D eigenvalue weighted by molar-refractivity contribution is 0.374. The molecule has 4 aromatic rings. The molecule has 0 radical (unpaired) electrons. The number of ether oxygens (including phenoxy) is 3. The molecule has 4 rings (SSSR count). The Morgan fingerprint density at radius 1 is 0.935 bits per heavy atom. The molecular weight excluding hydrogens is 412 g/mol. The van der Waals surface area contributed by atoms with Crippen molar-refractivity contribution in [2.75, 3.05) is 26.8 Å². The van der Waals surface area contributed by atoms with Crippen LogP contribution in [0.5, 0.6) is 17.2 Å². The number of thiophene rings is 1. The predicted molar refractivity (Wildman–Crippen MR) is 125 cm³/mol. The molecule has 7 nitrogen and oxygen atoms in total. The van der Waals surface area contributed by atoms with Gasteiger partial charge in [-0.15, -0.1) is 11.3 Å². The zero-order valence-corrected chi connectivity index (χ0v) is 18.5. The van der Waals surface area contributed by atoms with Gasteiger partial charge in [0.2, 0.25) is 0 Å². The van der Waals surface area contributed by atoms with Crippen LogP contribution in [0.1, 0.15) is 11.4 Å². The predicted octanol–water partition coefficient (Wildman–Crippen LogP) is 5.14. The van der Waals surface area contributed by atoms with Crippen LogP contribution in [-0.4, -0.2) is 37.5 Å². The van der Waals surface area contributed by atoms with Gasteiger partial charge in [-0.2, -0.15) is 5.10 Å². The molecule has 0 spiro atoms. The summed E-state index contributed by atoms with van der Waals surface area (Å²) in [5, 5.41) is 5.31. The maximum absolute atomic E-state index is 5.47. The first-order valence-electron chi connectivity index (χ1n) is 9.55. The number of anilines is 1. The summed E-state index contributed by atoms with van der Waals surface area (Å²) in [6.45, 7) is 1.87. The Labute approximate surface area is 184 Å². The lowest BCUT2D eigenvalue weighted by Gasteiger charge is -2.12. The fraction of sp³-hybridized carbons (Fsp3) is 0.174. The van der Waals surface area contributed by atoms with Gasteiger partial charge in [-0.3, -0.25) is 5.43 Å². The number of rotatable bonds is 7. The Morgan fingerprint density at radius 3 is 2.29 bits per heavy atom. The number of hydrazone groups is 1. The van der Waals surface area contributed by atoms with Gasteiger partial charge in [0.15, 0.2) is 5.82 Å². The Bertz CT molecular complexity index is 1210. The molecule has 0 amide bonds. The molecule has 8 heteroatoms. The van der Waals surface area contributed by atoms with Crippen LogP contribution in [0.15, 0.2) is 53.6 Å². The average molecular weight is 435 g/mol. The molecule has 31 heavy (non-hydrogen) atoms. The number of methoxy groups -OCH3 is 3. The third kappa shape index (κ3) is 4.29. The largest absolute Gasteiger partial charge is 0.496 e. The van der Waals surface area contributed by atoms with Crippen LogP contribution in [0.25, 0.3) is 20.7 Å². The lowest BCUT2D eigenvalue weighted by Crippen LogP contribution is -2.00. The fourth-order valence-corrected chi connectivity index (χ4v) is 4.26. The highest BCUT2D eigenvalue weighted by Gasteiger charge is 2.13. The fourth-order valence-electron chi connectivity index (χ4n) is 3.18. The minimum Gasteiger partial charge on any atom is -0.496 e. The van der Waals surface area contributed by atoms with Crippen molar-refractivity contribution in [1.82, 2.24) is 9.97 Å². The molecule has 0 saturated carbocycles. The Morgan fingerprint density at radius 2 is 1.65 bits per heavy atom. The number of fused-ring (bicyclic) bond motifs is 1. The molecule has 158 valence electrons. The standard InChI is InChI=1S/C23H22N4O3S/c1-14-25-22(17-12-21(31-23(17)26-14)15-8-6-5-7-9-15)27-24-13-18-19(29-3)10-16(28-2)11-20(18)30-4/h5-13H,1-4H3,(H,25,26,27). The van der Waals surface area contributed by atoms with E-state index in [1.54, 1.807) is 51.0 Å². The number of aromatic nitrogens is 2. The van der Waals surface area contributed by atoms with E-state index in [0.29, 0.717) is 34.5 Å². The van der Waals surface area contributed by atoms with Crippen molar-refractivity contribution in [3.8, 4) is 27.7 Å². The Balaban J connectivity index is 1.68. The topological polar surface area (TPSA) is 77.9 Å². The molecule has 0 aliphatic carbocycles. The van der Waals surface area contributed by atoms with E-state index in [9.17, 15) is 0 Å². The lowest BCUT2D eigenvalue weighted by atomic mass is 10.2. The molecule has 0 aliphatic rings. The summed E-state index contributed by atoms with van der Waals surface area (Å²) in [5.74, 6) is 3.13. The van der Waals surface area contributed by atoms with Crippen LogP contribution < -0.4 is 19.6 Å². The van der Waals surface area contributed by atoms with Gasteiger partial charge in [0, 0.05) is 17.0 Å². The van der Waals surface area contributed by atoms with Gasteiger partial charge < -0.3 is 14.2 Å². The van der Waals surface area contributed by atoms with Crippen LogP contribution in [0.3, 0.4) is 0 Å². The molecule has 0 saturated heterocycles. The van der Waals surface area contributed by atoms with E-state index >= 15 is 0 Å². The highest BCUT2D eigenvalue weighted by molar-refractivity contribution is 7.21. The first kappa shape index (κ1) is 20.6. The van der Waals surface area contributed by atoms with Crippen molar-refractivity contribution in [2.45, 2.75) is 6.92 Å². The normalized spacial score (nSPS) is 11.1. The summed E-state index contributed by atoms with van der Waals surface area (Å²) in [4.78, 5) is 11.2. The van der Waals surface area contributed by atoms with E-state index in [1.165, 1.54) is 0 Å². The van der Waals surface area contributed by atoms with Crippen LogP contribution in [0, 0.1) is 6.92 Å². The third-order valence-electron chi connectivity index (χ3n) is 4.68. The van der Waals surface area contributed by atoms with Gasteiger partial charge in [0.25, 0.3) is 0 Å². The van der Waals surface area contributed by atoms with Gasteiger partial charge in [-0.25, -0.2) is 9.97 Å². The maximum atomic E-state index is 5.47. The van der Waals surface area contributed by atoms with Crippen molar-refractivity contribution in [3.63, 3.8) is 0 Å². The highest BCUT2D eigenvalue weighted by Crippen LogP contribution is 2.36. The van der Waals surface area contributed by atoms with Gasteiger partial charge in [0.05, 0.1) is 38.5 Å². The second-order valence-electron chi connectivity index (χ2n) is 6.63. The monoisotopic (exact) mass is 434 g/mol. The first-order chi connectivity index (χ1) is 15.1. The van der Waals surface area contributed by atoms with E-state index in [-0.39, 0.29) is 0 Å². The molecular formula is C23H22N4O3S. The second kappa shape index (κ2) is 9.01. The third-order valence-corrected chi connectivity index (χ3v) is 5.76. The van der Waals surface area contributed by atoms with Crippen molar-refractivity contribution >= 4 is 33.6 Å². The Kier molecular flexibility index (Phi) is 5.99. The van der Waals surface area contributed by atoms with E-state index in [2.05, 4.69) is 38.7 Å². The maximum Gasteiger partial charge on any atom is 0.158 e.